The van der Waals surface area contributed by atoms with E-state index in [1.165, 1.54) is 16.7 Å². The molecule has 0 aliphatic carbocycles. The van der Waals surface area contributed by atoms with Crippen molar-refractivity contribution in [3.63, 3.8) is 0 Å². The van der Waals surface area contributed by atoms with E-state index in [2.05, 4.69) is 43.9 Å². The fourth-order valence-corrected chi connectivity index (χ4v) is 1.98. The first-order chi connectivity index (χ1) is 9.69. The van der Waals surface area contributed by atoms with Crippen molar-refractivity contribution in [1.29, 1.82) is 0 Å². The van der Waals surface area contributed by atoms with Crippen LogP contribution in [0.2, 0.25) is 0 Å². The minimum Gasteiger partial charge on any atom is -0.489 e. The van der Waals surface area contributed by atoms with Gasteiger partial charge in [0, 0.05) is 5.56 Å². The van der Waals surface area contributed by atoms with Gasteiger partial charge in [0.2, 0.25) is 0 Å². The summed E-state index contributed by atoms with van der Waals surface area (Å²) < 4.78 is 5.85. The minimum atomic E-state index is 0.341. The predicted octanol–water partition coefficient (Wildman–Crippen LogP) is 4.47. The largest absolute Gasteiger partial charge is 0.489 e. The van der Waals surface area contributed by atoms with Crippen LogP contribution < -0.4 is 4.74 Å². The number of alkyl halides is 1. The average molecular weight is 285 g/mol. The second-order valence-corrected chi connectivity index (χ2v) is 4.95. The molecule has 0 heterocycles. The van der Waals surface area contributed by atoms with Gasteiger partial charge in [-0.2, -0.15) is 0 Å². The van der Waals surface area contributed by atoms with E-state index in [4.69, 9.17) is 16.3 Å². The molecule has 0 spiro atoms. The molecule has 0 amide bonds. The second kappa shape index (κ2) is 7.03. The summed E-state index contributed by atoms with van der Waals surface area (Å²) in [6, 6.07) is 14.2. The Morgan fingerprint density at radius 3 is 2.75 bits per heavy atom. The number of hydrogen-bond acceptors (Lipinski definition) is 1. The van der Waals surface area contributed by atoms with Crippen molar-refractivity contribution < 1.29 is 4.74 Å². The average Bonchev–Trinajstić information content (AvgIpc) is 2.46. The topological polar surface area (TPSA) is 9.23 Å². The van der Waals surface area contributed by atoms with Gasteiger partial charge in [0.05, 0.1) is 5.88 Å². The number of ether oxygens (including phenoxy) is 1. The van der Waals surface area contributed by atoms with Crippen molar-refractivity contribution >= 4 is 11.6 Å². The van der Waals surface area contributed by atoms with Crippen LogP contribution in [0.4, 0.5) is 0 Å². The highest BCUT2D eigenvalue weighted by molar-refractivity contribution is 6.19. The molecule has 0 bridgehead atoms. The Bertz CT molecular complexity index is 650. The van der Waals surface area contributed by atoms with Gasteiger partial charge in [0.1, 0.15) is 12.4 Å². The van der Waals surface area contributed by atoms with Crippen LogP contribution in [0, 0.1) is 25.7 Å². The highest BCUT2D eigenvalue weighted by Gasteiger charge is 2.01. The Morgan fingerprint density at radius 1 is 1.10 bits per heavy atom. The molecule has 0 aromatic heterocycles. The molecule has 1 nitrogen and oxygen atoms in total. The quantitative estimate of drug-likeness (QED) is 0.597. The maximum atomic E-state index is 5.85. The molecule has 20 heavy (non-hydrogen) atoms. The Kier molecular flexibility index (Phi) is 5.09. The van der Waals surface area contributed by atoms with Crippen molar-refractivity contribution in [2.75, 3.05) is 5.88 Å². The molecule has 2 aromatic carbocycles. The Labute approximate surface area is 125 Å². The summed E-state index contributed by atoms with van der Waals surface area (Å²) in [5.74, 6) is 7.00. The van der Waals surface area contributed by atoms with E-state index >= 15 is 0 Å². The molecule has 2 rings (SSSR count). The zero-order valence-electron chi connectivity index (χ0n) is 11.7. The standard InChI is InChI=1S/C18H17ClO/c1-14-8-9-15(2)17(11-14)13-20-18-7-3-5-16(12-18)6-4-10-19/h3,5,7-9,11-12H,10,13H2,1-2H3. The van der Waals surface area contributed by atoms with Gasteiger partial charge in [-0.25, -0.2) is 0 Å². The van der Waals surface area contributed by atoms with E-state index < -0.39 is 0 Å². The molecule has 0 radical (unpaired) electrons. The van der Waals surface area contributed by atoms with Gasteiger partial charge >= 0.3 is 0 Å². The fourth-order valence-electron chi connectivity index (χ4n) is 1.92. The minimum absolute atomic E-state index is 0.341. The van der Waals surface area contributed by atoms with Crippen molar-refractivity contribution in [1.82, 2.24) is 0 Å². The van der Waals surface area contributed by atoms with Gasteiger partial charge in [-0.15, -0.1) is 11.6 Å². The third kappa shape index (κ3) is 4.05. The molecule has 0 unspecified atom stereocenters. The second-order valence-electron chi connectivity index (χ2n) is 4.68. The zero-order chi connectivity index (χ0) is 14.4. The van der Waals surface area contributed by atoms with E-state index in [9.17, 15) is 0 Å². The predicted molar refractivity (Wildman–Crippen MR) is 84.3 cm³/mol. The first-order valence-corrected chi connectivity index (χ1v) is 7.06. The number of benzene rings is 2. The van der Waals surface area contributed by atoms with E-state index in [1.807, 2.05) is 24.3 Å². The van der Waals surface area contributed by atoms with Gasteiger partial charge in [0.25, 0.3) is 0 Å². The van der Waals surface area contributed by atoms with Gasteiger partial charge in [-0.3, -0.25) is 0 Å². The molecule has 2 aromatic rings. The van der Waals surface area contributed by atoms with Crippen LogP contribution in [-0.4, -0.2) is 5.88 Å². The van der Waals surface area contributed by atoms with E-state index in [0.29, 0.717) is 12.5 Å². The molecular weight excluding hydrogens is 268 g/mol. The SMILES string of the molecule is Cc1ccc(C)c(COc2cccc(C#CCCl)c2)c1. The lowest BCUT2D eigenvalue weighted by atomic mass is 10.1. The van der Waals surface area contributed by atoms with E-state index in [0.717, 1.165) is 11.3 Å². The normalized spacial score (nSPS) is 9.75. The summed E-state index contributed by atoms with van der Waals surface area (Å²) in [4.78, 5) is 0. The first-order valence-electron chi connectivity index (χ1n) is 6.53. The fraction of sp³-hybridized carbons (Fsp3) is 0.222. The van der Waals surface area contributed by atoms with Crippen molar-refractivity contribution in [2.45, 2.75) is 20.5 Å². The van der Waals surface area contributed by atoms with Crippen LogP contribution in [0.5, 0.6) is 5.75 Å². The molecule has 0 atom stereocenters. The van der Waals surface area contributed by atoms with Crippen LogP contribution in [0.25, 0.3) is 0 Å². The lowest BCUT2D eigenvalue weighted by molar-refractivity contribution is 0.305. The first kappa shape index (κ1) is 14.5. The molecule has 0 fully saturated rings. The van der Waals surface area contributed by atoms with Crippen molar-refractivity contribution in [3.05, 3.63) is 64.7 Å². The summed E-state index contributed by atoms with van der Waals surface area (Å²) >= 11 is 5.56. The molecule has 0 N–H and O–H groups in total. The summed E-state index contributed by atoms with van der Waals surface area (Å²) in [5.41, 5.74) is 4.62. The summed E-state index contributed by atoms with van der Waals surface area (Å²) in [5, 5.41) is 0. The number of aryl methyl sites for hydroxylation is 2. The van der Waals surface area contributed by atoms with Gasteiger partial charge < -0.3 is 4.74 Å². The third-order valence-electron chi connectivity index (χ3n) is 3.03. The Hall–Kier alpha value is -1.91. The lowest BCUT2D eigenvalue weighted by Gasteiger charge is -2.10. The summed E-state index contributed by atoms with van der Waals surface area (Å²) in [6.45, 7) is 4.76. The number of hydrogen-bond donors (Lipinski definition) is 0. The van der Waals surface area contributed by atoms with Crippen LogP contribution in [-0.2, 0) is 6.61 Å². The van der Waals surface area contributed by atoms with E-state index in [1.54, 1.807) is 0 Å². The van der Waals surface area contributed by atoms with Gasteiger partial charge in [-0.05, 0) is 43.2 Å². The smallest absolute Gasteiger partial charge is 0.121 e. The Morgan fingerprint density at radius 2 is 1.95 bits per heavy atom. The third-order valence-corrected chi connectivity index (χ3v) is 3.17. The summed E-state index contributed by atoms with van der Waals surface area (Å²) in [7, 11) is 0. The molecule has 102 valence electrons. The van der Waals surface area contributed by atoms with Crippen LogP contribution in [0.1, 0.15) is 22.3 Å². The highest BCUT2D eigenvalue weighted by atomic mass is 35.5. The van der Waals surface area contributed by atoms with Crippen LogP contribution >= 0.6 is 11.6 Å². The molecule has 0 aliphatic heterocycles. The van der Waals surface area contributed by atoms with Crippen LogP contribution in [0.3, 0.4) is 0 Å². The summed E-state index contributed by atoms with van der Waals surface area (Å²) in [6.07, 6.45) is 0. The Balaban J connectivity index is 2.09. The molecule has 0 saturated carbocycles. The zero-order valence-corrected chi connectivity index (χ0v) is 12.5. The monoisotopic (exact) mass is 284 g/mol. The highest BCUT2D eigenvalue weighted by Crippen LogP contribution is 2.17. The maximum absolute atomic E-state index is 5.85. The maximum Gasteiger partial charge on any atom is 0.121 e. The molecule has 2 heteroatoms. The van der Waals surface area contributed by atoms with E-state index in [-0.39, 0.29) is 0 Å². The number of rotatable bonds is 3. The van der Waals surface area contributed by atoms with Gasteiger partial charge in [-0.1, -0.05) is 41.7 Å². The number of halogens is 1. The van der Waals surface area contributed by atoms with Crippen LogP contribution in [0.15, 0.2) is 42.5 Å². The molecular formula is C18H17ClO. The molecule has 0 saturated heterocycles. The molecule has 0 aliphatic rings. The van der Waals surface area contributed by atoms with Crippen molar-refractivity contribution in [3.8, 4) is 17.6 Å². The van der Waals surface area contributed by atoms with Gasteiger partial charge in [0.15, 0.2) is 0 Å². The van der Waals surface area contributed by atoms with Crippen molar-refractivity contribution in [2.24, 2.45) is 0 Å². The lowest BCUT2D eigenvalue weighted by Crippen LogP contribution is -1.98.